The van der Waals surface area contributed by atoms with Crippen LogP contribution in [0, 0.1) is 5.92 Å². The van der Waals surface area contributed by atoms with E-state index in [9.17, 15) is 4.79 Å². The highest BCUT2D eigenvalue weighted by Crippen LogP contribution is 2.34. The minimum absolute atomic E-state index is 0.0383. The minimum atomic E-state index is -0.673. The van der Waals surface area contributed by atoms with Crippen LogP contribution in [-0.4, -0.2) is 35.1 Å². The molecule has 1 saturated heterocycles. The van der Waals surface area contributed by atoms with E-state index in [2.05, 4.69) is 25.8 Å². The van der Waals surface area contributed by atoms with E-state index in [0.29, 0.717) is 12.3 Å². The van der Waals surface area contributed by atoms with Gasteiger partial charge in [0.2, 0.25) is 0 Å². The van der Waals surface area contributed by atoms with Crippen LogP contribution in [0.2, 0.25) is 0 Å². The number of piperidine rings is 1. The lowest BCUT2D eigenvalue weighted by atomic mass is 9.77. The van der Waals surface area contributed by atoms with E-state index in [0.717, 1.165) is 19.4 Å². The van der Waals surface area contributed by atoms with Gasteiger partial charge in [0.05, 0.1) is 0 Å². The third-order valence-corrected chi connectivity index (χ3v) is 3.45. The predicted molar refractivity (Wildman–Crippen MR) is 51.7 cm³/mol. The van der Waals surface area contributed by atoms with Gasteiger partial charge in [-0.3, -0.25) is 4.79 Å². The van der Waals surface area contributed by atoms with Gasteiger partial charge >= 0.3 is 5.97 Å². The lowest BCUT2D eigenvalue weighted by Crippen LogP contribution is -2.51. The molecule has 1 unspecified atom stereocenters. The van der Waals surface area contributed by atoms with Crippen LogP contribution >= 0.6 is 0 Å². The SMILES string of the molecule is CN1CCCC(CC(=O)O)C1(C)C. The lowest BCUT2D eigenvalue weighted by Gasteiger charge is -2.45. The average Bonchev–Trinajstić information content (AvgIpc) is 1.99. The Morgan fingerprint density at radius 3 is 2.77 bits per heavy atom. The first kappa shape index (κ1) is 10.5. The highest BCUT2D eigenvalue weighted by molar-refractivity contribution is 5.67. The third kappa shape index (κ3) is 2.21. The molecular formula is C10H19NO2. The first-order chi connectivity index (χ1) is 5.94. The Bertz CT molecular complexity index is 201. The minimum Gasteiger partial charge on any atom is -0.481 e. The quantitative estimate of drug-likeness (QED) is 0.710. The molecule has 0 amide bonds. The van der Waals surface area contributed by atoms with Crippen LogP contribution in [-0.2, 0) is 4.79 Å². The maximum atomic E-state index is 10.6. The number of carboxylic acids is 1. The van der Waals surface area contributed by atoms with Crippen LogP contribution in [0.1, 0.15) is 33.1 Å². The van der Waals surface area contributed by atoms with E-state index in [1.807, 2.05) is 0 Å². The molecule has 0 aromatic carbocycles. The van der Waals surface area contributed by atoms with Crippen molar-refractivity contribution in [3.8, 4) is 0 Å². The van der Waals surface area contributed by atoms with E-state index in [1.165, 1.54) is 0 Å². The normalized spacial score (nSPS) is 28.7. The summed E-state index contributed by atoms with van der Waals surface area (Å²) in [6.07, 6.45) is 2.47. The van der Waals surface area contributed by atoms with Gasteiger partial charge in [0, 0.05) is 12.0 Å². The molecule has 0 saturated carbocycles. The molecule has 13 heavy (non-hydrogen) atoms. The summed E-state index contributed by atoms with van der Waals surface area (Å²) in [5, 5.41) is 8.77. The van der Waals surface area contributed by atoms with Gasteiger partial charge < -0.3 is 10.0 Å². The molecule has 0 aromatic rings. The van der Waals surface area contributed by atoms with E-state index in [4.69, 9.17) is 5.11 Å². The number of carbonyl (C=O) groups is 1. The molecule has 1 rings (SSSR count). The summed E-state index contributed by atoms with van der Waals surface area (Å²) in [6.45, 7) is 5.36. The smallest absolute Gasteiger partial charge is 0.303 e. The topological polar surface area (TPSA) is 40.5 Å². The standard InChI is InChI=1S/C10H19NO2/c1-10(2)8(7-9(12)13)5-4-6-11(10)3/h8H,4-7H2,1-3H3,(H,12,13). The van der Waals surface area contributed by atoms with Gasteiger partial charge in [0.25, 0.3) is 0 Å². The third-order valence-electron chi connectivity index (χ3n) is 3.45. The van der Waals surface area contributed by atoms with Crippen LogP contribution in [0.5, 0.6) is 0 Å². The molecular weight excluding hydrogens is 166 g/mol. The Labute approximate surface area is 79.7 Å². The summed E-state index contributed by atoms with van der Waals surface area (Å²) in [5.41, 5.74) is 0.0383. The van der Waals surface area contributed by atoms with Gasteiger partial charge in [0.1, 0.15) is 0 Å². The van der Waals surface area contributed by atoms with Crippen LogP contribution in [0.15, 0.2) is 0 Å². The molecule has 3 nitrogen and oxygen atoms in total. The molecule has 0 radical (unpaired) electrons. The van der Waals surface area contributed by atoms with Gasteiger partial charge in [0.15, 0.2) is 0 Å². The van der Waals surface area contributed by atoms with Crippen molar-refractivity contribution >= 4 is 5.97 Å². The number of hydrogen-bond acceptors (Lipinski definition) is 2. The molecule has 0 aromatic heterocycles. The number of aliphatic carboxylic acids is 1. The Balaban J connectivity index is 2.66. The molecule has 0 spiro atoms. The van der Waals surface area contributed by atoms with Crippen molar-refractivity contribution in [2.45, 2.75) is 38.6 Å². The highest BCUT2D eigenvalue weighted by atomic mass is 16.4. The number of hydrogen-bond donors (Lipinski definition) is 1. The predicted octanol–water partition coefficient (Wildman–Crippen LogP) is 1.58. The second kappa shape index (κ2) is 3.66. The zero-order valence-electron chi connectivity index (χ0n) is 8.71. The van der Waals surface area contributed by atoms with E-state index in [1.54, 1.807) is 0 Å². The fourth-order valence-electron chi connectivity index (χ4n) is 2.09. The number of rotatable bonds is 2. The summed E-state index contributed by atoms with van der Waals surface area (Å²) >= 11 is 0. The summed E-state index contributed by atoms with van der Waals surface area (Å²) in [7, 11) is 2.08. The lowest BCUT2D eigenvalue weighted by molar-refractivity contribution is -0.140. The second-order valence-electron chi connectivity index (χ2n) is 4.51. The summed E-state index contributed by atoms with van der Waals surface area (Å²) < 4.78 is 0. The Hall–Kier alpha value is -0.570. The molecule has 0 aliphatic carbocycles. The van der Waals surface area contributed by atoms with Crippen molar-refractivity contribution in [3.63, 3.8) is 0 Å². The average molecular weight is 185 g/mol. The number of nitrogens with zero attached hydrogens (tertiary/aromatic N) is 1. The number of carboxylic acid groups (broad SMARTS) is 1. The van der Waals surface area contributed by atoms with Crippen LogP contribution in [0.3, 0.4) is 0 Å². The maximum absolute atomic E-state index is 10.6. The van der Waals surface area contributed by atoms with E-state index < -0.39 is 5.97 Å². The number of likely N-dealkylation sites (tertiary alicyclic amines) is 1. The van der Waals surface area contributed by atoms with Crippen LogP contribution in [0.25, 0.3) is 0 Å². The summed E-state index contributed by atoms with van der Waals surface area (Å²) in [4.78, 5) is 12.9. The van der Waals surface area contributed by atoms with Crippen LogP contribution < -0.4 is 0 Å². The highest BCUT2D eigenvalue weighted by Gasteiger charge is 2.37. The molecule has 76 valence electrons. The van der Waals surface area contributed by atoms with Crippen LogP contribution in [0.4, 0.5) is 0 Å². The zero-order valence-corrected chi connectivity index (χ0v) is 8.71. The molecule has 1 N–H and O–H groups in total. The first-order valence-corrected chi connectivity index (χ1v) is 4.87. The Kier molecular flexibility index (Phi) is 2.96. The van der Waals surface area contributed by atoms with Gasteiger partial charge in [-0.05, 0) is 46.2 Å². The second-order valence-corrected chi connectivity index (χ2v) is 4.51. The largest absolute Gasteiger partial charge is 0.481 e. The monoisotopic (exact) mass is 185 g/mol. The van der Waals surface area contributed by atoms with Gasteiger partial charge in [-0.1, -0.05) is 0 Å². The molecule has 1 aliphatic rings. The van der Waals surface area contributed by atoms with Crippen molar-refractivity contribution in [2.24, 2.45) is 5.92 Å². The van der Waals surface area contributed by atoms with Crippen molar-refractivity contribution < 1.29 is 9.90 Å². The van der Waals surface area contributed by atoms with Gasteiger partial charge in [-0.15, -0.1) is 0 Å². The molecule has 1 fully saturated rings. The fraction of sp³-hybridized carbons (Fsp3) is 0.900. The summed E-state index contributed by atoms with van der Waals surface area (Å²) in [6, 6.07) is 0. The molecule has 1 atom stereocenters. The Morgan fingerprint density at radius 2 is 2.23 bits per heavy atom. The fourth-order valence-corrected chi connectivity index (χ4v) is 2.09. The van der Waals surface area contributed by atoms with Crippen molar-refractivity contribution in [2.75, 3.05) is 13.6 Å². The Morgan fingerprint density at radius 1 is 1.62 bits per heavy atom. The molecule has 1 aliphatic heterocycles. The first-order valence-electron chi connectivity index (χ1n) is 4.87. The maximum Gasteiger partial charge on any atom is 0.303 e. The van der Waals surface area contributed by atoms with Crippen molar-refractivity contribution in [1.82, 2.24) is 4.90 Å². The molecule has 1 heterocycles. The van der Waals surface area contributed by atoms with E-state index >= 15 is 0 Å². The van der Waals surface area contributed by atoms with E-state index in [-0.39, 0.29) is 5.54 Å². The van der Waals surface area contributed by atoms with Gasteiger partial charge in [-0.2, -0.15) is 0 Å². The van der Waals surface area contributed by atoms with Crippen molar-refractivity contribution in [3.05, 3.63) is 0 Å². The van der Waals surface area contributed by atoms with Gasteiger partial charge in [-0.25, -0.2) is 0 Å². The molecule has 3 heteroatoms. The summed E-state index contributed by atoms with van der Waals surface area (Å²) in [5.74, 6) is -0.378. The molecule has 0 bridgehead atoms. The van der Waals surface area contributed by atoms with Crippen molar-refractivity contribution in [1.29, 1.82) is 0 Å². The zero-order chi connectivity index (χ0) is 10.1.